The van der Waals surface area contributed by atoms with Crippen LogP contribution in [-0.4, -0.2) is 40.5 Å². The molecular formula is C37H56O6S2. The summed E-state index contributed by atoms with van der Waals surface area (Å²) < 4.78 is 10.2. The Morgan fingerprint density at radius 2 is 0.933 bits per heavy atom. The van der Waals surface area contributed by atoms with Crippen molar-refractivity contribution < 1.29 is 29.3 Å². The molecule has 0 aliphatic rings. The van der Waals surface area contributed by atoms with Gasteiger partial charge in [-0.05, 0) is 45.9 Å². The normalized spacial score (nSPS) is 13.2. The van der Waals surface area contributed by atoms with E-state index in [9.17, 15) is 19.8 Å². The van der Waals surface area contributed by atoms with E-state index < -0.39 is 10.2 Å². The van der Waals surface area contributed by atoms with Gasteiger partial charge < -0.3 is 19.7 Å². The average molecular weight is 661 g/mol. The summed E-state index contributed by atoms with van der Waals surface area (Å²) >= 11 is 3.05. The molecule has 0 heterocycles. The van der Waals surface area contributed by atoms with Gasteiger partial charge in [0, 0.05) is 58.4 Å². The second-order valence-corrected chi connectivity index (χ2v) is 18.9. The summed E-state index contributed by atoms with van der Waals surface area (Å²) in [6.07, 6.45) is 0.716. The number of benzene rings is 2. The summed E-state index contributed by atoms with van der Waals surface area (Å²) in [5.41, 5.74) is 2.13. The van der Waals surface area contributed by atoms with Crippen LogP contribution >= 0.6 is 23.5 Å². The number of phenolic OH excluding ortho intramolecular Hbond substituents is 2. The van der Waals surface area contributed by atoms with Crippen LogP contribution in [0.1, 0.15) is 131 Å². The van der Waals surface area contributed by atoms with Gasteiger partial charge in [0.2, 0.25) is 0 Å². The number of carbonyl (C=O) groups excluding carboxylic acids is 2. The molecule has 0 amide bonds. The van der Waals surface area contributed by atoms with Crippen LogP contribution in [0.25, 0.3) is 0 Å². The summed E-state index contributed by atoms with van der Waals surface area (Å²) in [6, 6.07) is 8.11. The molecule has 2 N–H and O–H groups in total. The van der Waals surface area contributed by atoms with Crippen molar-refractivity contribution in [3.05, 3.63) is 46.5 Å². The van der Waals surface area contributed by atoms with Crippen LogP contribution in [0.5, 0.6) is 11.5 Å². The second-order valence-electron chi connectivity index (χ2n) is 15.9. The van der Waals surface area contributed by atoms with Gasteiger partial charge in [0.15, 0.2) is 4.27 Å². The van der Waals surface area contributed by atoms with E-state index >= 15 is 0 Å². The number of hydrogen-bond donors (Lipinski definition) is 2. The maximum atomic E-state index is 13.0. The van der Waals surface area contributed by atoms with Gasteiger partial charge in [-0.15, -0.1) is 0 Å². The number of aromatic hydroxyl groups is 2. The predicted octanol–water partition coefficient (Wildman–Crippen LogP) is 9.77. The Balaban J connectivity index is 2.76. The smallest absolute Gasteiger partial charge is 0.305 e. The van der Waals surface area contributed by atoms with Crippen LogP contribution in [0.3, 0.4) is 0 Å². The molecular weight excluding hydrogens is 605 g/mol. The van der Waals surface area contributed by atoms with E-state index in [0.29, 0.717) is 17.9 Å². The van der Waals surface area contributed by atoms with Crippen molar-refractivity contribution in [1.29, 1.82) is 0 Å². The van der Waals surface area contributed by atoms with Crippen molar-refractivity contribution in [3.63, 3.8) is 0 Å². The van der Waals surface area contributed by atoms with E-state index in [1.165, 1.54) is 30.6 Å². The van der Waals surface area contributed by atoms with Gasteiger partial charge in [-0.3, -0.25) is 9.59 Å². The van der Waals surface area contributed by atoms with Gasteiger partial charge in [0.25, 0.3) is 0 Å². The van der Waals surface area contributed by atoms with Crippen LogP contribution in [0.2, 0.25) is 0 Å². The molecule has 2 aromatic carbocycles. The fourth-order valence-corrected chi connectivity index (χ4v) is 7.79. The summed E-state index contributed by atoms with van der Waals surface area (Å²) in [4.78, 5) is 26.6. The lowest BCUT2D eigenvalue weighted by molar-refractivity contribution is -0.142. The lowest BCUT2D eigenvalue weighted by Crippen LogP contribution is -2.25. The van der Waals surface area contributed by atoms with E-state index in [1.54, 1.807) is 7.11 Å². The topological polar surface area (TPSA) is 93.1 Å². The molecule has 2 aromatic rings. The monoisotopic (exact) mass is 660 g/mol. The highest BCUT2D eigenvalue weighted by atomic mass is 32.2. The summed E-state index contributed by atoms with van der Waals surface area (Å²) in [7, 11) is 2.98. The maximum Gasteiger partial charge on any atom is 0.305 e. The van der Waals surface area contributed by atoms with E-state index in [0.717, 1.165) is 32.0 Å². The van der Waals surface area contributed by atoms with Crippen molar-refractivity contribution in [1.82, 2.24) is 0 Å². The first-order valence-corrected chi connectivity index (χ1v) is 17.3. The fraction of sp³-hybridized carbons (Fsp3) is 0.622. The van der Waals surface area contributed by atoms with E-state index in [1.807, 2.05) is 24.3 Å². The Bertz CT molecular complexity index is 1210. The Hall–Kier alpha value is -2.16. The third-order valence-corrected chi connectivity index (χ3v) is 10.6. The third kappa shape index (κ3) is 10.4. The summed E-state index contributed by atoms with van der Waals surface area (Å²) in [6.45, 7) is 25.0. The first-order valence-electron chi connectivity index (χ1n) is 15.6. The minimum atomic E-state index is -0.941. The molecule has 0 fully saturated rings. The largest absolute Gasteiger partial charge is 0.507 e. The van der Waals surface area contributed by atoms with Gasteiger partial charge in [-0.2, -0.15) is 0 Å². The molecule has 8 heteroatoms. The number of hydrogen-bond acceptors (Lipinski definition) is 8. The predicted molar refractivity (Wildman–Crippen MR) is 188 cm³/mol. The standard InChI is InChI=1S/C37H56O6S2/c1-33(2,3)26-19-24(20-27(31(26)40)34(4,5)6)44-37(43-14,18-17-23(38)15-16-30(39)42-13)45-25-21-28(35(7,8)9)32(41)29(22-25)36(10,11)12/h19-22,40-41H,15-18H2,1-14H3. The number of Topliss-reactive ketones (excluding diaryl/α,β-unsaturated/α-hetero) is 1. The lowest BCUT2D eigenvalue weighted by Gasteiger charge is -2.34. The zero-order valence-corrected chi connectivity index (χ0v) is 31.6. The van der Waals surface area contributed by atoms with Gasteiger partial charge in [-0.25, -0.2) is 0 Å². The molecule has 0 aliphatic carbocycles. The van der Waals surface area contributed by atoms with Crippen molar-refractivity contribution in [2.24, 2.45) is 0 Å². The minimum absolute atomic E-state index is 0.0410. The molecule has 2 rings (SSSR count). The maximum absolute atomic E-state index is 13.0. The molecule has 252 valence electrons. The number of esters is 1. The van der Waals surface area contributed by atoms with E-state index in [-0.39, 0.29) is 46.7 Å². The lowest BCUT2D eigenvalue weighted by atomic mass is 9.79. The van der Waals surface area contributed by atoms with Crippen LogP contribution in [-0.2, 0) is 40.7 Å². The Morgan fingerprint density at radius 1 is 0.600 bits per heavy atom. The molecule has 0 spiro atoms. The van der Waals surface area contributed by atoms with Crippen molar-refractivity contribution in [3.8, 4) is 11.5 Å². The SMILES string of the molecule is COC(=O)CCC(=O)CCC(OC)(Sc1cc(C(C)(C)C)c(O)c(C(C)(C)C)c1)Sc1cc(C(C)(C)C)c(O)c(C(C)(C)C)c1. The van der Waals surface area contributed by atoms with Crippen LogP contribution in [0, 0.1) is 0 Å². The molecule has 0 bridgehead atoms. The molecule has 6 nitrogen and oxygen atoms in total. The third-order valence-electron chi connectivity index (χ3n) is 7.80. The number of thioether (sulfide) groups is 2. The Labute approximate surface area is 280 Å². The van der Waals surface area contributed by atoms with Gasteiger partial charge >= 0.3 is 5.97 Å². The quantitative estimate of drug-likeness (QED) is 0.140. The number of ketones is 1. The number of phenols is 2. The first-order chi connectivity index (χ1) is 20.3. The molecule has 0 atom stereocenters. The number of ether oxygens (including phenoxy) is 2. The van der Waals surface area contributed by atoms with Crippen LogP contribution in [0.4, 0.5) is 0 Å². The molecule has 0 radical (unpaired) electrons. The highest BCUT2D eigenvalue weighted by molar-refractivity contribution is 8.18. The molecule has 0 aromatic heterocycles. The average Bonchev–Trinajstić information content (AvgIpc) is 2.89. The zero-order chi connectivity index (χ0) is 34.8. The van der Waals surface area contributed by atoms with Gasteiger partial charge in [0.05, 0.1) is 13.5 Å². The second kappa shape index (κ2) is 14.3. The fourth-order valence-electron chi connectivity index (χ4n) is 5.05. The highest BCUT2D eigenvalue weighted by Gasteiger charge is 2.37. The Kier molecular flexibility index (Phi) is 12.4. The molecule has 0 saturated carbocycles. The molecule has 0 unspecified atom stereocenters. The van der Waals surface area contributed by atoms with Gasteiger partial charge in [0.1, 0.15) is 17.3 Å². The summed E-state index contributed by atoms with van der Waals surface area (Å²) in [5, 5.41) is 22.7. The van der Waals surface area contributed by atoms with Crippen LogP contribution < -0.4 is 0 Å². The van der Waals surface area contributed by atoms with Gasteiger partial charge in [-0.1, -0.05) is 107 Å². The molecule has 45 heavy (non-hydrogen) atoms. The van der Waals surface area contributed by atoms with E-state index in [2.05, 4.69) is 83.1 Å². The molecule has 0 saturated heterocycles. The minimum Gasteiger partial charge on any atom is -0.507 e. The highest BCUT2D eigenvalue weighted by Crippen LogP contribution is 2.53. The van der Waals surface area contributed by atoms with Crippen molar-refractivity contribution >= 4 is 35.3 Å². The number of rotatable bonds is 11. The van der Waals surface area contributed by atoms with Crippen molar-refractivity contribution in [2.75, 3.05) is 14.2 Å². The first kappa shape index (κ1) is 39.0. The number of carbonyl (C=O) groups is 2. The zero-order valence-electron chi connectivity index (χ0n) is 30.0. The van der Waals surface area contributed by atoms with E-state index in [4.69, 9.17) is 9.47 Å². The Morgan fingerprint density at radius 3 is 1.20 bits per heavy atom. The molecule has 0 aliphatic heterocycles. The summed E-state index contributed by atoms with van der Waals surface area (Å²) in [5.74, 6) is 0.149. The van der Waals surface area contributed by atoms with Crippen LogP contribution in [0.15, 0.2) is 34.1 Å². The number of methoxy groups -OCH3 is 2. The van der Waals surface area contributed by atoms with Crippen molar-refractivity contribution in [2.45, 2.75) is 144 Å².